The molecule has 10 nitrogen and oxygen atoms in total. The average molecular weight is 409 g/mol. The number of aryl methyl sites for hydroxylation is 1. The molecule has 30 heavy (non-hydrogen) atoms. The van der Waals surface area contributed by atoms with Gasteiger partial charge in [0.2, 0.25) is 0 Å². The molecule has 0 saturated carbocycles. The highest BCUT2D eigenvalue weighted by atomic mass is 16.2. The van der Waals surface area contributed by atoms with Crippen molar-refractivity contribution in [2.75, 3.05) is 6.54 Å². The minimum Gasteiger partial charge on any atom is -0.404 e. The fourth-order valence-corrected chi connectivity index (χ4v) is 2.97. The molecule has 3 aromatic rings. The molecule has 0 aliphatic carbocycles. The minimum atomic E-state index is -0.446. The summed E-state index contributed by atoms with van der Waals surface area (Å²) >= 11 is 0. The van der Waals surface area contributed by atoms with Gasteiger partial charge in [-0.15, -0.1) is 0 Å². The molecule has 156 valence electrons. The van der Waals surface area contributed by atoms with Gasteiger partial charge in [0.15, 0.2) is 11.2 Å². The summed E-state index contributed by atoms with van der Waals surface area (Å²) in [5.74, 6) is -0.376. The van der Waals surface area contributed by atoms with E-state index < -0.39 is 11.2 Å². The molecule has 0 spiro atoms. The van der Waals surface area contributed by atoms with Crippen molar-refractivity contribution in [1.82, 2.24) is 24.0 Å². The van der Waals surface area contributed by atoms with Crippen molar-refractivity contribution in [2.24, 2.45) is 24.8 Å². The van der Waals surface area contributed by atoms with Gasteiger partial charge >= 0.3 is 5.69 Å². The van der Waals surface area contributed by atoms with E-state index in [2.05, 4.69) is 15.3 Å². The second-order valence-electron chi connectivity index (χ2n) is 6.65. The zero-order valence-electron chi connectivity index (χ0n) is 16.8. The van der Waals surface area contributed by atoms with E-state index in [1.165, 1.54) is 30.4 Å². The van der Waals surface area contributed by atoms with E-state index in [-0.39, 0.29) is 18.0 Å². The predicted molar refractivity (Wildman–Crippen MR) is 114 cm³/mol. The third-order valence-electron chi connectivity index (χ3n) is 4.64. The van der Waals surface area contributed by atoms with Crippen molar-refractivity contribution < 1.29 is 4.79 Å². The van der Waals surface area contributed by atoms with Crippen LogP contribution in [0.25, 0.3) is 11.2 Å². The third-order valence-corrected chi connectivity index (χ3v) is 4.64. The molecule has 2 aromatic heterocycles. The van der Waals surface area contributed by atoms with E-state index in [4.69, 9.17) is 5.73 Å². The van der Waals surface area contributed by atoms with E-state index in [0.717, 1.165) is 10.1 Å². The number of fused-ring (bicyclic) bond motifs is 1. The maximum Gasteiger partial charge on any atom is 0.332 e. The Balaban J connectivity index is 1.64. The highest BCUT2D eigenvalue weighted by Crippen LogP contribution is 2.05. The van der Waals surface area contributed by atoms with Crippen LogP contribution in [0.4, 0.5) is 0 Å². The van der Waals surface area contributed by atoms with Gasteiger partial charge in [-0.2, -0.15) is 0 Å². The zero-order chi connectivity index (χ0) is 21.7. The van der Waals surface area contributed by atoms with Crippen molar-refractivity contribution in [3.05, 3.63) is 74.8 Å². The molecule has 0 bridgehead atoms. The topological polar surface area (TPSA) is 129 Å². The van der Waals surface area contributed by atoms with Crippen molar-refractivity contribution in [3.63, 3.8) is 0 Å². The number of nitrogens with two attached hydrogens (primary N) is 1. The number of imidazole rings is 1. The quantitative estimate of drug-likeness (QED) is 0.408. The van der Waals surface area contributed by atoms with Gasteiger partial charge in [0.05, 0.1) is 18.4 Å². The van der Waals surface area contributed by atoms with Gasteiger partial charge in [-0.1, -0.05) is 30.3 Å². The number of nitrogens with one attached hydrogen (secondary N) is 1. The molecule has 1 amide bonds. The monoisotopic (exact) mass is 409 g/mol. The Morgan fingerprint density at radius 2 is 1.93 bits per heavy atom. The minimum absolute atomic E-state index is 0.236. The average Bonchev–Trinajstić information content (AvgIpc) is 3.18. The lowest BCUT2D eigenvalue weighted by molar-refractivity contribution is -0.117. The van der Waals surface area contributed by atoms with Crippen LogP contribution in [0, 0.1) is 0 Å². The van der Waals surface area contributed by atoms with Gasteiger partial charge < -0.3 is 15.6 Å². The molecule has 0 saturated heterocycles. The highest BCUT2D eigenvalue weighted by molar-refractivity contribution is 6.12. The van der Waals surface area contributed by atoms with Crippen LogP contribution < -0.4 is 22.3 Å². The number of aliphatic imine (C=N–C) groups is 1. The van der Waals surface area contributed by atoms with Crippen molar-refractivity contribution in [1.29, 1.82) is 0 Å². The fourth-order valence-electron chi connectivity index (χ4n) is 2.97. The molecule has 0 unspecified atom stereocenters. The van der Waals surface area contributed by atoms with Gasteiger partial charge in [-0.3, -0.25) is 23.7 Å². The number of hydrogen-bond acceptors (Lipinski definition) is 6. The molecule has 0 aliphatic rings. The molecular formula is C20H23N7O3. The molecule has 0 aliphatic heterocycles. The number of aromatic nitrogens is 4. The summed E-state index contributed by atoms with van der Waals surface area (Å²) in [6.45, 7) is 0.976. The number of hydrogen-bond donors (Lipinski definition) is 2. The number of amides is 1. The molecule has 0 atom stereocenters. The zero-order valence-corrected chi connectivity index (χ0v) is 16.8. The van der Waals surface area contributed by atoms with Crippen LogP contribution >= 0.6 is 0 Å². The van der Waals surface area contributed by atoms with E-state index >= 15 is 0 Å². The normalized spacial score (nSPS) is 12.0. The van der Waals surface area contributed by atoms with E-state index in [0.29, 0.717) is 24.3 Å². The van der Waals surface area contributed by atoms with E-state index in [9.17, 15) is 14.4 Å². The lowest BCUT2D eigenvalue weighted by Gasteiger charge is -2.08. The lowest BCUT2D eigenvalue weighted by atomic mass is 10.2. The Bertz CT molecular complexity index is 1230. The van der Waals surface area contributed by atoms with E-state index in [1.54, 1.807) is 11.6 Å². The SMILES string of the molecule is Cn1c(=O)c2c(ncn2CCNC(=O)C(C=NCc2ccccc2)=CN)n(C)c1=O. The third kappa shape index (κ3) is 4.22. The number of benzene rings is 1. The van der Waals surface area contributed by atoms with Gasteiger partial charge in [0, 0.05) is 39.6 Å². The molecule has 0 radical (unpaired) electrons. The van der Waals surface area contributed by atoms with Gasteiger partial charge in [0.1, 0.15) is 0 Å². The molecule has 3 N–H and O–H groups in total. The number of nitrogens with zero attached hydrogens (tertiary/aromatic N) is 5. The van der Waals surface area contributed by atoms with Crippen LogP contribution in [-0.2, 0) is 32.0 Å². The first-order valence-corrected chi connectivity index (χ1v) is 9.28. The molecule has 0 fully saturated rings. The standard InChI is InChI=1S/C20H23N7O3/c1-25-17-16(19(29)26(2)20(25)30)27(13-24-17)9-8-23-18(28)15(10-21)12-22-11-14-6-4-3-5-7-14/h3-7,10,12-13H,8-9,11,21H2,1-2H3,(H,23,28). The number of rotatable bonds is 7. The second-order valence-corrected chi connectivity index (χ2v) is 6.65. The van der Waals surface area contributed by atoms with Crippen LogP contribution in [0.15, 0.2) is 63.0 Å². The fraction of sp³-hybridized carbons (Fsp3) is 0.250. The first kappa shape index (κ1) is 20.8. The lowest BCUT2D eigenvalue weighted by Crippen LogP contribution is -2.38. The van der Waals surface area contributed by atoms with Crippen LogP contribution in [0.1, 0.15) is 5.56 Å². The summed E-state index contributed by atoms with van der Waals surface area (Å²) in [6, 6.07) is 9.65. The summed E-state index contributed by atoms with van der Waals surface area (Å²) in [5, 5.41) is 2.74. The Labute approximate surface area is 172 Å². The van der Waals surface area contributed by atoms with Gasteiger partial charge in [-0.25, -0.2) is 9.78 Å². The Kier molecular flexibility index (Phi) is 6.26. The molecule has 2 heterocycles. The highest BCUT2D eigenvalue weighted by Gasteiger charge is 2.14. The smallest absolute Gasteiger partial charge is 0.332 e. The first-order chi connectivity index (χ1) is 14.4. The molecule has 10 heteroatoms. The Morgan fingerprint density at radius 1 is 1.20 bits per heavy atom. The number of carbonyl (C=O) groups excluding carboxylic acids is 1. The summed E-state index contributed by atoms with van der Waals surface area (Å²) in [5.41, 5.74) is 6.53. The van der Waals surface area contributed by atoms with Crippen molar-refractivity contribution in [3.8, 4) is 0 Å². The van der Waals surface area contributed by atoms with Crippen molar-refractivity contribution in [2.45, 2.75) is 13.1 Å². The molecule has 3 rings (SSSR count). The van der Waals surface area contributed by atoms with Crippen LogP contribution in [-0.4, -0.2) is 37.4 Å². The maximum absolute atomic E-state index is 12.4. The van der Waals surface area contributed by atoms with Crippen LogP contribution in [0.3, 0.4) is 0 Å². The van der Waals surface area contributed by atoms with E-state index in [1.807, 2.05) is 30.3 Å². The second kappa shape index (κ2) is 9.03. The summed E-state index contributed by atoms with van der Waals surface area (Å²) < 4.78 is 3.94. The summed E-state index contributed by atoms with van der Waals surface area (Å²) in [7, 11) is 2.96. The summed E-state index contributed by atoms with van der Waals surface area (Å²) in [4.78, 5) is 45.2. The van der Waals surface area contributed by atoms with Crippen molar-refractivity contribution >= 4 is 23.3 Å². The molecule has 1 aromatic carbocycles. The first-order valence-electron chi connectivity index (χ1n) is 9.28. The Hall–Kier alpha value is -3.95. The largest absolute Gasteiger partial charge is 0.404 e. The van der Waals surface area contributed by atoms with Crippen LogP contribution in [0.5, 0.6) is 0 Å². The number of carbonyl (C=O) groups is 1. The summed E-state index contributed by atoms with van der Waals surface area (Å²) in [6.07, 6.45) is 4.10. The predicted octanol–water partition coefficient (Wildman–Crippen LogP) is -0.336. The maximum atomic E-state index is 12.4. The van der Waals surface area contributed by atoms with Gasteiger partial charge in [-0.05, 0) is 5.56 Å². The van der Waals surface area contributed by atoms with Gasteiger partial charge in [0.25, 0.3) is 11.5 Å². The molecular weight excluding hydrogens is 386 g/mol. The Morgan fingerprint density at radius 3 is 2.63 bits per heavy atom. The van der Waals surface area contributed by atoms with Crippen LogP contribution in [0.2, 0.25) is 0 Å².